The average Bonchev–Trinajstić information content (AvgIpc) is 2.47. The number of morpholine rings is 1. The zero-order chi connectivity index (χ0) is 15.9. The van der Waals surface area contributed by atoms with Crippen molar-refractivity contribution in [3.63, 3.8) is 0 Å². The lowest BCUT2D eigenvalue weighted by Crippen LogP contribution is -2.48. The Balaban J connectivity index is 1.67. The van der Waals surface area contributed by atoms with E-state index in [2.05, 4.69) is 18.7 Å². The molecule has 0 aliphatic carbocycles. The number of aliphatic hydroxyl groups is 1. The first-order valence-electron chi connectivity index (χ1n) is 7.83. The van der Waals surface area contributed by atoms with Gasteiger partial charge >= 0.3 is 0 Å². The zero-order valence-electron chi connectivity index (χ0n) is 13.7. The normalized spacial score (nSPS) is 24.2. The van der Waals surface area contributed by atoms with Crippen LogP contribution in [0.25, 0.3) is 0 Å². The van der Waals surface area contributed by atoms with Crippen molar-refractivity contribution in [3.8, 4) is 5.75 Å². The van der Waals surface area contributed by atoms with Crippen molar-refractivity contribution in [2.45, 2.75) is 38.8 Å². The van der Waals surface area contributed by atoms with E-state index in [0.717, 1.165) is 24.4 Å². The molecule has 3 atom stereocenters. The van der Waals surface area contributed by atoms with Crippen LogP contribution in [-0.2, 0) is 16.1 Å². The number of β-amino-alcohol motifs (C(OH)–C–C–N with tert-alkyl or cyclic N) is 1. The second kappa shape index (κ2) is 8.48. The molecule has 0 unspecified atom stereocenters. The van der Waals surface area contributed by atoms with Crippen molar-refractivity contribution >= 4 is 0 Å². The van der Waals surface area contributed by atoms with E-state index < -0.39 is 6.10 Å². The Hall–Kier alpha value is -1.14. The van der Waals surface area contributed by atoms with E-state index in [9.17, 15) is 5.11 Å². The standard InChI is InChI=1S/C17H27NO4/c1-13-8-18(9-14(2)22-13)10-16(19)12-21-11-15-4-6-17(20-3)7-5-15/h4-7,13-14,16,19H,8-12H2,1-3H3/t13-,14+,16-/m0/s1. The Morgan fingerprint density at radius 1 is 1.23 bits per heavy atom. The van der Waals surface area contributed by atoms with Crippen molar-refractivity contribution in [1.29, 1.82) is 0 Å². The number of aliphatic hydroxyl groups excluding tert-OH is 1. The molecule has 124 valence electrons. The molecule has 1 saturated heterocycles. The fourth-order valence-electron chi connectivity index (χ4n) is 2.82. The van der Waals surface area contributed by atoms with Crippen LogP contribution in [0, 0.1) is 0 Å². The van der Waals surface area contributed by atoms with E-state index in [1.165, 1.54) is 0 Å². The van der Waals surface area contributed by atoms with Crippen LogP contribution in [-0.4, -0.2) is 61.7 Å². The van der Waals surface area contributed by atoms with Crippen LogP contribution in [0.3, 0.4) is 0 Å². The van der Waals surface area contributed by atoms with Gasteiger partial charge in [0.25, 0.3) is 0 Å². The summed E-state index contributed by atoms with van der Waals surface area (Å²) < 4.78 is 16.4. The molecule has 1 N–H and O–H groups in total. The van der Waals surface area contributed by atoms with Crippen molar-refractivity contribution < 1.29 is 19.3 Å². The third-order valence-electron chi connectivity index (χ3n) is 3.70. The molecule has 1 heterocycles. The second-order valence-electron chi connectivity index (χ2n) is 5.99. The molecule has 0 spiro atoms. The molecule has 0 radical (unpaired) electrons. The van der Waals surface area contributed by atoms with E-state index in [1.807, 2.05) is 24.3 Å². The number of hydrogen-bond acceptors (Lipinski definition) is 5. The molecule has 2 rings (SSSR count). The lowest BCUT2D eigenvalue weighted by molar-refractivity contribution is -0.0826. The van der Waals surface area contributed by atoms with Crippen LogP contribution >= 0.6 is 0 Å². The lowest BCUT2D eigenvalue weighted by atomic mass is 10.2. The number of ether oxygens (including phenoxy) is 3. The fraction of sp³-hybridized carbons (Fsp3) is 0.647. The average molecular weight is 309 g/mol. The van der Waals surface area contributed by atoms with Crippen LogP contribution < -0.4 is 4.74 Å². The first-order chi connectivity index (χ1) is 10.6. The summed E-state index contributed by atoms with van der Waals surface area (Å²) in [6, 6.07) is 7.75. The third-order valence-corrected chi connectivity index (χ3v) is 3.70. The summed E-state index contributed by atoms with van der Waals surface area (Å²) in [5, 5.41) is 10.1. The van der Waals surface area contributed by atoms with Gasteiger partial charge in [-0.3, -0.25) is 4.90 Å². The Kier molecular flexibility index (Phi) is 6.64. The van der Waals surface area contributed by atoms with E-state index in [1.54, 1.807) is 7.11 Å². The molecule has 5 heteroatoms. The van der Waals surface area contributed by atoms with Gasteiger partial charge in [-0.15, -0.1) is 0 Å². The van der Waals surface area contributed by atoms with Crippen molar-refractivity contribution in [3.05, 3.63) is 29.8 Å². The zero-order valence-corrected chi connectivity index (χ0v) is 13.7. The van der Waals surface area contributed by atoms with E-state index in [4.69, 9.17) is 14.2 Å². The highest BCUT2D eigenvalue weighted by Gasteiger charge is 2.23. The lowest BCUT2D eigenvalue weighted by Gasteiger charge is -2.36. The quantitative estimate of drug-likeness (QED) is 0.830. The molecule has 0 bridgehead atoms. The summed E-state index contributed by atoms with van der Waals surface area (Å²) in [4.78, 5) is 2.24. The summed E-state index contributed by atoms with van der Waals surface area (Å²) in [6.07, 6.45) is -0.0388. The maximum absolute atomic E-state index is 10.1. The summed E-state index contributed by atoms with van der Waals surface area (Å²) >= 11 is 0. The molecule has 0 amide bonds. The Morgan fingerprint density at radius 3 is 2.45 bits per heavy atom. The van der Waals surface area contributed by atoms with Gasteiger partial charge < -0.3 is 19.3 Å². The van der Waals surface area contributed by atoms with Gasteiger partial charge in [-0.1, -0.05) is 12.1 Å². The number of methoxy groups -OCH3 is 1. The minimum Gasteiger partial charge on any atom is -0.497 e. The first kappa shape index (κ1) is 17.2. The maximum Gasteiger partial charge on any atom is 0.118 e. The molecule has 0 aromatic heterocycles. The SMILES string of the molecule is COc1ccc(COC[C@@H](O)CN2C[C@@H](C)O[C@@H](C)C2)cc1. The van der Waals surface area contributed by atoms with E-state index >= 15 is 0 Å². The third kappa shape index (κ3) is 5.57. The number of benzene rings is 1. The van der Waals surface area contributed by atoms with Gasteiger partial charge in [-0.2, -0.15) is 0 Å². The Morgan fingerprint density at radius 2 is 1.86 bits per heavy atom. The van der Waals surface area contributed by atoms with Crippen molar-refractivity contribution in [1.82, 2.24) is 4.90 Å². The van der Waals surface area contributed by atoms with Crippen LogP contribution in [0.2, 0.25) is 0 Å². The second-order valence-corrected chi connectivity index (χ2v) is 5.99. The molecule has 1 aromatic carbocycles. The predicted octanol–water partition coefficient (Wildman–Crippen LogP) is 1.68. The predicted molar refractivity (Wildman–Crippen MR) is 85.1 cm³/mol. The monoisotopic (exact) mass is 309 g/mol. The largest absolute Gasteiger partial charge is 0.497 e. The van der Waals surface area contributed by atoms with Crippen LogP contribution in [0.15, 0.2) is 24.3 Å². The summed E-state index contributed by atoms with van der Waals surface area (Å²) in [5.41, 5.74) is 1.07. The summed E-state index contributed by atoms with van der Waals surface area (Å²) in [7, 11) is 1.65. The summed E-state index contributed by atoms with van der Waals surface area (Å²) in [6.45, 7) is 7.31. The molecule has 1 aromatic rings. The molecule has 5 nitrogen and oxygen atoms in total. The maximum atomic E-state index is 10.1. The minimum absolute atomic E-state index is 0.219. The van der Waals surface area contributed by atoms with Crippen molar-refractivity contribution in [2.24, 2.45) is 0 Å². The number of hydrogen-bond donors (Lipinski definition) is 1. The molecule has 22 heavy (non-hydrogen) atoms. The van der Waals surface area contributed by atoms with Gasteiger partial charge in [0.05, 0.1) is 38.6 Å². The molecular weight excluding hydrogens is 282 g/mol. The highest BCUT2D eigenvalue weighted by Crippen LogP contribution is 2.13. The molecular formula is C17H27NO4. The molecule has 1 aliphatic rings. The van der Waals surface area contributed by atoms with Gasteiger partial charge in [-0.05, 0) is 31.5 Å². The Bertz CT molecular complexity index is 427. The van der Waals surface area contributed by atoms with Gasteiger partial charge in [0.2, 0.25) is 0 Å². The topological polar surface area (TPSA) is 51.2 Å². The Labute approximate surface area is 132 Å². The minimum atomic E-state index is -0.476. The van der Waals surface area contributed by atoms with Gasteiger partial charge in [0.1, 0.15) is 5.75 Å². The number of nitrogens with zero attached hydrogens (tertiary/aromatic N) is 1. The van der Waals surface area contributed by atoms with Crippen LogP contribution in [0.4, 0.5) is 0 Å². The van der Waals surface area contributed by atoms with Crippen molar-refractivity contribution in [2.75, 3.05) is 33.4 Å². The molecule has 1 aliphatic heterocycles. The highest BCUT2D eigenvalue weighted by atomic mass is 16.5. The first-order valence-corrected chi connectivity index (χ1v) is 7.83. The van der Waals surface area contributed by atoms with E-state index in [0.29, 0.717) is 19.8 Å². The molecule has 0 saturated carbocycles. The fourth-order valence-corrected chi connectivity index (χ4v) is 2.82. The summed E-state index contributed by atoms with van der Waals surface area (Å²) in [5.74, 6) is 0.833. The number of rotatable bonds is 7. The van der Waals surface area contributed by atoms with E-state index in [-0.39, 0.29) is 12.2 Å². The smallest absolute Gasteiger partial charge is 0.118 e. The van der Waals surface area contributed by atoms with Gasteiger partial charge in [0, 0.05) is 19.6 Å². The van der Waals surface area contributed by atoms with Gasteiger partial charge in [0.15, 0.2) is 0 Å². The highest BCUT2D eigenvalue weighted by molar-refractivity contribution is 5.26. The van der Waals surface area contributed by atoms with Crippen LogP contribution in [0.5, 0.6) is 5.75 Å². The van der Waals surface area contributed by atoms with Crippen LogP contribution in [0.1, 0.15) is 19.4 Å². The van der Waals surface area contributed by atoms with Gasteiger partial charge in [-0.25, -0.2) is 0 Å². The molecule has 1 fully saturated rings.